The summed E-state index contributed by atoms with van der Waals surface area (Å²) >= 11 is 0. The van der Waals surface area contributed by atoms with Gasteiger partial charge in [0, 0.05) is 13.2 Å². The molecule has 2 rings (SSSR count). The van der Waals surface area contributed by atoms with Gasteiger partial charge in [0.25, 0.3) is 0 Å². The van der Waals surface area contributed by atoms with Gasteiger partial charge >= 0.3 is 0 Å². The molecule has 1 aliphatic rings. The topological polar surface area (TPSA) is 32.3 Å². The van der Waals surface area contributed by atoms with E-state index in [1.54, 1.807) is 11.1 Å². The Morgan fingerprint density at radius 1 is 1.12 bits per heavy atom. The van der Waals surface area contributed by atoms with Crippen molar-refractivity contribution in [2.75, 3.05) is 13.2 Å². The van der Waals surface area contributed by atoms with Gasteiger partial charge in [-0.05, 0) is 55.3 Å². The maximum atomic E-state index is 8.68. The summed E-state index contributed by atoms with van der Waals surface area (Å²) in [6.07, 6.45) is 6.04. The quantitative estimate of drug-likeness (QED) is 0.743. The van der Waals surface area contributed by atoms with Crippen LogP contribution in [0.25, 0.3) is 0 Å². The third-order valence-electron chi connectivity index (χ3n) is 3.25. The van der Waals surface area contributed by atoms with E-state index in [9.17, 15) is 0 Å². The molecule has 0 saturated heterocycles. The molecule has 0 saturated carbocycles. The van der Waals surface area contributed by atoms with Crippen molar-refractivity contribution in [1.29, 1.82) is 0 Å². The lowest BCUT2D eigenvalue weighted by atomic mass is 9.90. The number of rotatable bonds is 5. The molecule has 2 heteroatoms. The highest BCUT2D eigenvalue weighted by Gasteiger charge is 2.08. The average molecular weight is 219 g/mol. The minimum Gasteiger partial charge on any atom is -0.396 e. The fourth-order valence-electron chi connectivity index (χ4n) is 2.33. The van der Waals surface area contributed by atoms with Crippen LogP contribution in [-0.4, -0.2) is 18.3 Å². The number of hydrogen-bond acceptors (Lipinski definition) is 2. The standard InChI is InChI=1S/C14H21NO/c16-9-3-8-15-11-12-6-7-13-4-1-2-5-14(13)10-12/h6-7,10,15-16H,1-5,8-9,11H2. The summed E-state index contributed by atoms with van der Waals surface area (Å²) in [6, 6.07) is 6.87. The third-order valence-corrected chi connectivity index (χ3v) is 3.25. The zero-order valence-corrected chi connectivity index (χ0v) is 9.84. The summed E-state index contributed by atoms with van der Waals surface area (Å²) in [5.74, 6) is 0. The normalized spacial score (nSPS) is 14.8. The Bertz CT molecular complexity index is 336. The van der Waals surface area contributed by atoms with Gasteiger partial charge in [0.2, 0.25) is 0 Å². The van der Waals surface area contributed by atoms with Crippen molar-refractivity contribution in [2.24, 2.45) is 0 Å². The zero-order chi connectivity index (χ0) is 11.2. The highest BCUT2D eigenvalue weighted by atomic mass is 16.3. The van der Waals surface area contributed by atoms with E-state index in [2.05, 4.69) is 23.5 Å². The molecule has 0 aromatic heterocycles. The predicted molar refractivity (Wildman–Crippen MR) is 66.5 cm³/mol. The van der Waals surface area contributed by atoms with Crippen LogP contribution in [-0.2, 0) is 19.4 Å². The van der Waals surface area contributed by atoms with Crippen molar-refractivity contribution in [3.8, 4) is 0 Å². The van der Waals surface area contributed by atoms with E-state index in [4.69, 9.17) is 5.11 Å². The molecule has 88 valence electrons. The van der Waals surface area contributed by atoms with E-state index in [1.807, 2.05) is 0 Å². The molecule has 0 aliphatic heterocycles. The fourth-order valence-corrected chi connectivity index (χ4v) is 2.33. The van der Waals surface area contributed by atoms with Crippen LogP contribution in [0.3, 0.4) is 0 Å². The van der Waals surface area contributed by atoms with Gasteiger partial charge in [0.15, 0.2) is 0 Å². The van der Waals surface area contributed by atoms with Crippen LogP contribution < -0.4 is 5.32 Å². The SMILES string of the molecule is OCCCNCc1ccc2c(c1)CCCC2. The van der Waals surface area contributed by atoms with E-state index in [0.717, 1.165) is 19.5 Å². The molecule has 2 nitrogen and oxygen atoms in total. The number of benzene rings is 1. The predicted octanol–water partition coefficient (Wildman–Crippen LogP) is 2.04. The van der Waals surface area contributed by atoms with E-state index >= 15 is 0 Å². The molecule has 2 N–H and O–H groups in total. The summed E-state index contributed by atoms with van der Waals surface area (Å²) < 4.78 is 0. The molecule has 0 spiro atoms. The van der Waals surface area contributed by atoms with Gasteiger partial charge in [-0.25, -0.2) is 0 Å². The number of nitrogens with one attached hydrogen (secondary N) is 1. The molecular formula is C14H21NO. The van der Waals surface area contributed by atoms with Crippen LogP contribution in [0.1, 0.15) is 36.0 Å². The van der Waals surface area contributed by atoms with Crippen LogP contribution in [0, 0.1) is 0 Å². The Morgan fingerprint density at radius 3 is 2.75 bits per heavy atom. The molecule has 16 heavy (non-hydrogen) atoms. The monoisotopic (exact) mass is 219 g/mol. The van der Waals surface area contributed by atoms with Crippen LogP contribution in [0.2, 0.25) is 0 Å². The Balaban J connectivity index is 1.90. The molecule has 0 unspecified atom stereocenters. The second-order valence-corrected chi connectivity index (χ2v) is 4.56. The Hall–Kier alpha value is -0.860. The summed E-state index contributed by atoms with van der Waals surface area (Å²) in [5.41, 5.74) is 4.47. The first-order valence-electron chi connectivity index (χ1n) is 6.32. The molecule has 0 amide bonds. The van der Waals surface area contributed by atoms with Gasteiger partial charge in [0.1, 0.15) is 0 Å². The molecule has 0 fully saturated rings. The molecular weight excluding hydrogens is 198 g/mol. The fraction of sp³-hybridized carbons (Fsp3) is 0.571. The Morgan fingerprint density at radius 2 is 1.94 bits per heavy atom. The highest BCUT2D eigenvalue weighted by Crippen LogP contribution is 2.22. The number of aliphatic hydroxyl groups is 1. The van der Waals surface area contributed by atoms with Gasteiger partial charge in [-0.2, -0.15) is 0 Å². The van der Waals surface area contributed by atoms with E-state index < -0.39 is 0 Å². The minimum absolute atomic E-state index is 0.275. The first kappa shape index (κ1) is 11.6. The van der Waals surface area contributed by atoms with Gasteiger partial charge in [-0.1, -0.05) is 18.2 Å². The average Bonchev–Trinajstić information content (AvgIpc) is 2.34. The van der Waals surface area contributed by atoms with Crippen molar-refractivity contribution in [3.63, 3.8) is 0 Å². The van der Waals surface area contributed by atoms with E-state index in [1.165, 1.54) is 31.2 Å². The van der Waals surface area contributed by atoms with E-state index in [-0.39, 0.29) is 6.61 Å². The number of hydrogen-bond donors (Lipinski definition) is 2. The van der Waals surface area contributed by atoms with Gasteiger partial charge in [-0.3, -0.25) is 0 Å². The summed E-state index contributed by atoms with van der Waals surface area (Å²) in [4.78, 5) is 0. The highest BCUT2D eigenvalue weighted by molar-refractivity contribution is 5.33. The number of fused-ring (bicyclic) bond motifs is 1. The smallest absolute Gasteiger partial charge is 0.0443 e. The second-order valence-electron chi connectivity index (χ2n) is 4.56. The summed E-state index contributed by atoms with van der Waals surface area (Å²) in [7, 11) is 0. The first-order chi connectivity index (χ1) is 7.90. The van der Waals surface area contributed by atoms with E-state index in [0.29, 0.717) is 0 Å². The third kappa shape index (κ3) is 3.06. The maximum Gasteiger partial charge on any atom is 0.0443 e. The summed E-state index contributed by atoms with van der Waals surface area (Å²) in [5, 5.41) is 12.0. The molecule has 0 heterocycles. The van der Waals surface area contributed by atoms with Crippen LogP contribution in [0.5, 0.6) is 0 Å². The number of aliphatic hydroxyl groups excluding tert-OH is 1. The lowest BCUT2D eigenvalue weighted by Gasteiger charge is -2.16. The van der Waals surface area contributed by atoms with Crippen LogP contribution in [0.15, 0.2) is 18.2 Å². The van der Waals surface area contributed by atoms with Crippen molar-refractivity contribution >= 4 is 0 Å². The van der Waals surface area contributed by atoms with Crippen LogP contribution >= 0.6 is 0 Å². The van der Waals surface area contributed by atoms with Gasteiger partial charge < -0.3 is 10.4 Å². The molecule has 0 bridgehead atoms. The molecule has 1 aliphatic carbocycles. The zero-order valence-electron chi connectivity index (χ0n) is 9.84. The maximum absolute atomic E-state index is 8.68. The van der Waals surface area contributed by atoms with Gasteiger partial charge in [0.05, 0.1) is 0 Å². The lowest BCUT2D eigenvalue weighted by Crippen LogP contribution is -2.16. The molecule has 1 aromatic carbocycles. The Labute approximate surface area is 97.7 Å². The van der Waals surface area contributed by atoms with Crippen molar-refractivity contribution in [2.45, 2.75) is 38.6 Å². The second kappa shape index (κ2) is 6.02. The van der Waals surface area contributed by atoms with Crippen molar-refractivity contribution in [1.82, 2.24) is 5.32 Å². The number of aryl methyl sites for hydroxylation is 2. The van der Waals surface area contributed by atoms with Crippen molar-refractivity contribution in [3.05, 3.63) is 34.9 Å². The molecule has 0 radical (unpaired) electrons. The van der Waals surface area contributed by atoms with Crippen LogP contribution in [0.4, 0.5) is 0 Å². The minimum atomic E-state index is 0.275. The Kier molecular flexibility index (Phi) is 4.37. The summed E-state index contributed by atoms with van der Waals surface area (Å²) in [6.45, 7) is 2.10. The molecule has 1 aromatic rings. The first-order valence-corrected chi connectivity index (χ1v) is 6.32. The van der Waals surface area contributed by atoms with Crippen molar-refractivity contribution < 1.29 is 5.11 Å². The largest absolute Gasteiger partial charge is 0.396 e. The van der Waals surface area contributed by atoms with Gasteiger partial charge in [-0.15, -0.1) is 0 Å². The lowest BCUT2D eigenvalue weighted by molar-refractivity contribution is 0.286. The molecule has 0 atom stereocenters.